The van der Waals surface area contributed by atoms with E-state index in [0.29, 0.717) is 17.8 Å². The van der Waals surface area contributed by atoms with Gasteiger partial charge in [0.25, 0.3) is 11.8 Å². The van der Waals surface area contributed by atoms with E-state index in [1.807, 2.05) is 17.9 Å². The summed E-state index contributed by atoms with van der Waals surface area (Å²) in [6.07, 6.45) is 2.77. The van der Waals surface area contributed by atoms with E-state index in [9.17, 15) is 14.0 Å². The first kappa shape index (κ1) is 23.8. The monoisotopic (exact) mass is 433 g/mol. The van der Waals surface area contributed by atoms with Crippen molar-refractivity contribution in [2.45, 2.75) is 39.2 Å². The van der Waals surface area contributed by atoms with Crippen LogP contribution in [0.4, 0.5) is 10.1 Å². The van der Waals surface area contributed by atoms with Crippen LogP contribution in [0.3, 0.4) is 0 Å². The maximum Gasteiger partial charge on any atom is 0.258 e. The number of carbonyl (C=O) groups excluding carboxylic acids is 2. The number of rotatable bonds is 6. The van der Waals surface area contributed by atoms with Crippen molar-refractivity contribution in [1.29, 1.82) is 0 Å². The van der Waals surface area contributed by atoms with E-state index in [-0.39, 0.29) is 29.9 Å². The summed E-state index contributed by atoms with van der Waals surface area (Å²) in [6, 6.07) is 11.4. The van der Waals surface area contributed by atoms with Gasteiger partial charge in [0.15, 0.2) is 0 Å². The normalized spacial score (nSPS) is 14.0. The van der Waals surface area contributed by atoms with Crippen LogP contribution in [0.1, 0.15) is 52.5 Å². The lowest BCUT2D eigenvalue weighted by molar-refractivity contribution is 0.0642. The molecule has 1 heterocycles. The van der Waals surface area contributed by atoms with Crippen LogP contribution >= 0.6 is 12.4 Å². The number of aryl methyl sites for hydroxylation is 1. The number of hydrogen-bond donors (Lipinski definition) is 2. The predicted octanol–water partition coefficient (Wildman–Crippen LogP) is 4.41. The Morgan fingerprint density at radius 3 is 2.53 bits per heavy atom. The molecule has 3 rings (SSSR count). The molecule has 2 aromatic carbocycles. The maximum atomic E-state index is 13.9. The van der Waals surface area contributed by atoms with Crippen LogP contribution in [-0.2, 0) is 0 Å². The van der Waals surface area contributed by atoms with Gasteiger partial charge in [-0.15, -0.1) is 12.4 Å². The average molecular weight is 434 g/mol. The number of nitrogens with one attached hydrogen (secondary N) is 2. The molecule has 0 atom stereocenters. The van der Waals surface area contributed by atoms with Crippen molar-refractivity contribution < 1.29 is 14.0 Å². The first-order valence-corrected chi connectivity index (χ1v) is 10.2. The van der Waals surface area contributed by atoms with Gasteiger partial charge in [-0.05, 0) is 69.1 Å². The minimum absolute atomic E-state index is 0. The lowest BCUT2D eigenvalue weighted by Gasteiger charge is -2.34. The molecule has 5 nitrogen and oxygen atoms in total. The van der Waals surface area contributed by atoms with Crippen molar-refractivity contribution in [3.8, 4) is 0 Å². The zero-order valence-corrected chi connectivity index (χ0v) is 18.2. The molecule has 7 heteroatoms. The quantitative estimate of drug-likeness (QED) is 0.709. The number of carbonyl (C=O) groups is 2. The highest BCUT2D eigenvalue weighted by Gasteiger charge is 2.26. The molecule has 1 aliphatic rings. The highest BCUT2D eigenvalue weighted by atomic mass is 35.5. The number of piperidine rings is 1. The molecule has 1 aliphatic heterocycles. The number of anilines is 1. The second-order valence-corrected chi connectivity index (χ2v) is 7.44. The highest BCUT2D eigenvalue weighted by molar-refractivity contribution is 6.05. The Kier molecular flexibility index (Phi) is 8.81. The van der Waals surface area contributed by atoms with Crippen LogP contribution in [0.5, 0.6) is 0 Å². The summed E-state index contributed by atoms with van der Waals surface area (Å²) < 4.78 is 13.9. The summed E-state index contributed by atoms with van der Waals surface area (Å²) in [7, 11) is 0. The van der Waals surface area contributed by atoms with E-state index in [1.165, 1.54) is 12.1 Å². The molecule has 0 aromatic heterocycles. The lowest BCUT2D eigenvalue weighted by Crippen LogP contribution is -2.46. The fourth-order valence-corrected chi connectivity index (χ4v) is 3.70. The van der Waals surface area contributed by atoms with Crippen molar-refractivity contribution in [1.82, 2.24) is 10.2 Å². The molecule has 2 N–H and O–H groups in total. The van der Waals surface area contributed by atoms with E-state index in [4.69, 9.17) is 0 Å². The predicted molar refractivity (Wildman–Crippen MR) is 120 cm³/mol. The van der Waals surface area contributed by atoms with E-state index in [0.717, 1.165) is 37.9 Å². The van der Waals surface area contributed by atoms with Crippen LogP contribution in [0.15, 0.2) is 42.5 Å². The Morgan fingerprint density at radius 2 is 1.87 bits per heavy atom. The maximum absolute atomic E-state index is 13.9. The third kappa shape index (κ3) is 5.58. The van der Waals surface area contributed by atoms with Crippen LogP contribution in [0.2, 0.25) is 0 Å². The summed E-state index contributed by atoms with van der Waals surface area (Å²) in [6.45, 7) is 6.44. The van der Waals surface area contributed by atoms with Crippen molar-refractivity contribution in [3.63, 3.8) is 0 Å². The van der Waals surface area contributed by atoms with Crippen molar-refractivity contribution >= 4 is 29.9 Å². The Hall–Kier alpha value is -2.44. The third-order valence-corrected chi connectivity index (χ3v) is 5.33. The van der Waals surface area contributed by atoms with Crippen molar-refractivity contribution in [2.24, 2.45) is 0 Å². The Morgan fingerprint density at radius 1 is 1.17 bits per heavy atom. The fraction of sp³-hybridized carbons (Fsp3) is 0.391. The molecule has 0 bridgehead atoms. The number of nitrogens with zero attached hydrogens (tertiary/aromatic N) is 1. The Balaban J connectivity index is 0.00000320. The topological polar surface area (TPSA) is 61.4 Å². The molecule has 2 amide bonds. The first-order valence-electron chi connectivity index (χ1n) is 10.2. The molecule has 30 heavy (non-hydrogen) atoms. The van der Waals surface area contributed by atoms with Crippen LogP contribution < -0.4 is 10.6 Å². The van der Waals surface area contributed by atoms with Gasteiger partial charge in [0, 0.05) is 23.8 Å². The number of hydrogen-bond acceptors (Lipinski definition) is 3. The van der Waals surface area contributed by atoms with Crippen LogP contribution in [0.25, 0.3) is 0 Å². The molecule has 2 aromatic rings. The standard InChI is InChI=1S/C23H28FN3O2.ClH/c1-3-14-27(18-10-12-25-13-11-18)23(29)17-9-8-16(2)21(15-17)26-22(28)19-6-4-5-7-20(19)24;/h4-9,15,18,25H,3,10-14H2,1-2H3,(H,26,28);1H. The second kappa shape index (κ2) is 11.1. The van der Waals surface area contributed by atoms with Crippen molar-refractivity contribution in [2.75, 3.05) is 25.0 Å². The van der Waals surface area contributed by atoms with Gasteiger partial charge in [0.2, 0.25) is 0 Å². The van der Waals surface area contributed by atoms with Gasteiger partial charge < -0.3 is 15.5 Å². The van der Waals surface area contributed by atoms with Crippen molar-refractivity contribution in [3.05, 3.63) is 65.0 Å². The van der Waals surface area contributed by atoms with Gasteiger partial charge in [-0.1, -0.05) is 25.1 Å². The molecule has 0 aliphatic carbocycles. The zero-order chi connectivity index (χ0) is 20.8. The Labute approximate surface area is 183 Å². The van der Waals surface area contributed by atoms with E-state index < -0.39 is 11.7 Å². The molecule has 0 saturated carbocycles. The lowest BCUT2D eigenvalue weighted by atomic mass is 10.0. The minimum Gasteiger partial charge on any atom is -0.336 e. The van der Waals surface area contributed by atoms with Gasteiger partial charge in [-0.25, -0.2) is 4.39 Å². The minimum atomic E-state index is -0.574. The van der Waals surface area contributed by atoms with Gasteiger partial charge in [0.05, 0.1) is 5.56 Å². The number of benzene rings is 2. The highest BCUT2D eigenvalue weighted by Crippen LogP contribution is 2.22. The molecule has 162 valence electrons. The SMILES string of the molecule is CCCN(C(=O)c1ccc(C)c(NC(=O)c2ccccc2F)c1)C1CCNCC1.Cl. The fourth-order valence-electron chi connectivity index (χ4n) is 3.70. The largest absolute Gasteiger partial charge is 0.336 e. The van der Waals surface area contributed by atoms with E-state index >= 15 is 0 Å². The molecule has 0 radical (unpaired) electrons. The Bertz CT molecular complexity index is 885. The van der Waals surface area contributed by atoms with E-state index in [1.54, 1.807) is 24.3 Å². The molecule has 0 spiro atoms. The van der Waals surface area contributed by atoms with Gasteiger partial charge >= 0.3 is 0 Å². The van der Waals surface area contributed by atoms with Crippen LogP contribution in [0, 0.1) is 12.7 Å². The summed E-state index contributed by atoms with van der Waals surface area (Å²) in [5.41, 5.74) is 1.85. The van der Waals surface area contributed by atoms with E-state index in [2.05, 4.69) is 17.6 Å². The summed E-state index contributed by atoms with van der Waals surface area (Å²) in [5.74, 6) is -1.13. The molecule has 1 saturated heterocycles. The van der Waals surface area contributed by atoms with Gasteiger partial charge in [0.1, 0.15) is 5.82 Å². The second-order valence-electron chi connectivity index (χ2n) is 7.44. The molecular weight excluding hydrogens is 405 g/mol. The summed E-state index contributed by atoms with van der Waals surface area (Å²) >= 11 is 0. The molecular formula is C23H29ClFN3O2. The molecule has 1 fully saturated rings. The van der Waals surface area contributed by atoms with Crippen LogP contribution in [-0.4, -0.2) is 42.4 Å². The number of amides is 2. The number of halogens is 2. The smallest absolute Gasteiger partial charge is 0.258 e. The van der Waals surface area contributed by atoms with Gasteiger partial charge in [-0.2, -0.15) is 0 Å². The first-order chi connectivity index (χ1) is 14.0. The summed E-state index contributed by atoms with van der Waals surface area (Å²) in [5, 5.41) is 6.09. The van der Waals surface area contributed by atoms with Gasteiger partial charge in [-0.3, -0.25) is 9.59 Å². The third-order valence-electron chi connectivity index (χ3n) is 5.33. The average Bonchev–Trinajstić information content (AvgIpc) is 2.74. The molecule has 0 unspecified atom stereocenters. The summed E-state index contributed by atoms with van der Waals surface area (Å²) in [4.78, 5) is 27.7. The zero-order valence-electron chi connectivity index (χ0n) is 17.4.